The predicted molar refractivity (Wildman–Crippen MR) is 127 cm³/mol. The lowest BCUT2D eigenvalue weighted by Gasteiger charge is -2.28. The monoisotopic (exact) mass is 529 g/mol. The summed E-state index contributed by atoms with van der Waals surface area (Å²) in [5.74, 6) is -6.03. The van der Waals surface area contributed by atoms with Crippen LogP contribution in [0.4, 0.5) is 0 Å². The maximum Gasteiger partial charge on any atom is 0.338 e. The molecular weight excluding hydrogens is 506 g/mol. The molecule has 0 saturated heterocycles. The lowest BCUT2D eigenvalue weighted by Crippen LogP contribution is -2.54. The van der Waals surface area contributed by atoms with E-state index in [9.17, 15) is 45.0 Å². The highest BCUT2D eigenvalue weighted by Gasteiger charge is 2.32. The summed E-state index contributed by atoms with van der Waals surface area (Å²) in [6.07, 6.45) is 0. The number of aromatic hydroxyl groups is 6. The van der Waals surface area contributed by atoms with Crippen molar-refractivity contribution in [2.45, 2.75) is 5.54 Å². The van der Waals surface area contributed by atoms with E-state index in [0.717, 1.165) is 36.4 Å². The molecule has 200 valence electrons. The van der Waals surface area contributed by atoms with E-state index in [1.165, 1.54) is 18.2 Å². The van der Waals surface area contributed by atoms with Crippen molar-refractivity contribution in [1.29, 1.82) is 0 Å². The zero-order valence-corrected chi connectivity index (χ0v) is 19.5. The van der Waals surface area contributed by atoms with Gasteiger partial charge in [0.05, 0.1) is 16.7 Å². The highest BCUT2D eigenvalue weighted by atomic mass is 16.6. The first-order valence-electron chi connectivity index (χ1n) is 10.7. The number of phenolic OH excluding ortho intramolecular Hbond substituents is 6. The molecule has 8 N–H and O–H groups in total. The van der Waals surface area contributed by atoms with Crippen LogP contribution in [-0.4, -0.2) is 73.9 Å². The van der Waals surface area contributed by atoms with Gasteiger partial charge in [0, 0.05) is 0 Å². The summed E-state index contributed by atoms with van der Waals surface area (Å²) in [5, 5.41) is 57.0. The zero-order chi connectivity index (χ0) is 28.0. The largest absolute Gasteiger partial charge is 0.504 e. The van der Waals surface area contributed by atoms with Gasteiger partial charge in [-0.1, -0.05) is 0 Å². The summed E-state index contributed by atoms with van der Waals surface area (Å²) in [4.78, 5) is 37.3. The van der Waals surface area contributed by atoms with Crippen molar-refractivity contribution in [2.75, 3.05) is 19.8 Å². The number of rotatable bonds is 9. The summed E-state index contributed by atoms with van der Waals surface area (Å²) < 4.78 is 15.4. The van der Waals surface area contributed by atoms with Gasteiger partial charge in [-0.3, -0.25) is 0 Å². The smallest absolute Gasteiger partial charge is 0.338 e. The van der Waals surface area contributed by atoms with Crippen molar-refractivity contribution in [3.8, 4) is 34.5 Å². The van der Waals surface area contributed by atoms with Gasteiger partial charge in [-0.25, -0.2) is 14.4 Å². The van der Waals surface area contributed by atoms with Gasteiger partial charge in [-0.2, -0.15) is 0 Å². The van der Waals surface area contributed by atoms with E-state index >= 15 is 0 Å². The van der Waals surface area contributed by atoms with Crippen molar-refractivity contribution < 1.29 is 59.2 Å². The quantitative estimate of drug-likeness (QED) is 0.119. The molecule has 0 spiro atoms. The molecular formula is C25H23NO12. The summed E-state index contributed by atoms with van der Waals surface area (Å²) in [6.45, 7) is -1.97. The Labute approximate surface area is 214 Å². The molecule has 13 heteroatoms. The Hall–Kier alpha value is -5.17. The van der Waals surface area contributed by atoms with E-state index in [2.05, 4.69) is 0 Å². The van der Waals surface area contributed by atoms with Crippen molar-refractivity contribution in [3.05, 3.63) is 71.3 Å². The van der Waals surface area contributed by atoms with Gasteiger partial charge in [0.25, 0.3) is 0 Å². The van der Waals surface area contributed by atoms with E-state index in [-0.39, 0.29) is 16.7 Å². The summed E-state index contributed by atoms with van der Waals surface area (Å²) in [5.41, 5.74) is 4.00. The van der Waals surface area contributed by atoms with Crippen LogP contribution in [0.2, 0.25) is 0 Å². The van der Waals surface area contributed by atoms with Crippen LogP contribution in [0, 0.1) is 0 Å². The van der Waals surface area contributed by atoms with Crippen LogP contribution in [0.15, 0.2) is 54.6 Å². The molecule has 0 radical (unpaired) electrons. The number of hydrogen-bond donors (Lipinski definition) is 7. The Morgan fingerprint density at radius 1 is 0.526 bits per heavy atom. The van der Waals surface area contributed by atoms with Gasteiger partial charge in [0.1, 0.15) is 25.4 Å². The molecule has 0 aliphatic carbocycles. The second-order valence-corrected chi connectivity index (χ2v) is 8.20. The lowest BCUT2D eigenvalue weighted by molar-refractivity contribution is -0.00373. The lowest BCUT2D eigenvalue weighted by atomic mass is 10.0. The number of esters is 3. The van der Waals surface area contributed by atoms with Crippen molar-refractivity contribution in [2.24, 2.45) is 5.73 Å². The van der Waals surface area contributed by atoms with Crippen LogP contribution >= 0.6 is 0 Å². The standard InChI is InChI=1S/C25H23NO12/c26-25(10-36-22(33)13-1-4-16(27)19(30)7-13,11-37-23(34)14-2-5-17(28)20(31)8-14)12-38-24(35)15-3-6-18(29)21(32)9-15/h1-9,27-32H,10-12,26H2. The molecule has 0 bridgehead atoms. The molecule has 0 aliphatic rings. The van der Waals surface area contributed by atoms with Gasteiger partial charge in [-0.15, -0.1) is 0 Å². The first-order valence-corrected chi connectivity index (χ1v) is 10.7. The second-order valence-electron chi connectivity index (χ2n) is 8.20. The van der Waals surface area contributed by atoms with Gasteiger partial charge >= 0.3 is 17.9 Å². The van der Waals surface area contributed by atoms with E-state index in [1.807, 2.05) is 0 Å². The van der Waals surface area contributed by atoms with Crippen LogP contribution in [0.25, 0.3) is 0 Å². The highest BCUT2D eigenvalue weighted by Crippen LogP contribution is 2.27. The normalized spacial score (nSPS) is 11.0. The molecule has 13 nitrogen and oxygen atoms in total. The van der Waals surface area contributed by atoms with Crippen molar-refractivity contribution in [1.82, 2.24) is 0 Å². The number of nitrogens with two attached hydrogens (primary N) is 1. The topological polar surface area (TPSA) is 226 Å². The third kappa shape index (κ3) is 6.73. The maximum atomic E-state index is 12.4. The van der Waals surface area contributed by atoms with Crippen LogP contribution in [0.3, 0.4) is 0 Å². The van der Waals surface area contributed by atoms with Crippen LogP contribution in [0.1, 0.15) is 31.1 Å². The number of benzene rings is 3. The highest BCUT2D eigenvalue weighted by molar-refractivity contribution is 5.91. The minimum absolute atomic E-state index is 0.143. The molecule has 0 aliphatic heterocycles. The fourth-order valence-electron chi connectivity index (χ4n) is 2.95. The number of carbonyl (C=O) groups is 3. The average molecular weight is 529 g/mol. The molecule has 0 unspecified atom stereocenters. The molecule has 38 heavy (non-hydrogen) atoms. The maximum absolute atomic E-state index is 12.4. The Morgan fingerprint density at radius 2 is 0.789 bits per heavy atom. The van der Waals surface area contributed by atoms with Gasteiger partial charge in [0.2, 0.25) is 0 Å². The van der Waals surface area contributed by atoms with Crippen LogP contribution in [0.5, 0.6) is 34.5 Å². The van der Waals surface area contributed by atoms with Gasteiger partial charge < -0.3 is 50.6 Å². The van der Waals surface area contributed by atoms with Gasteiger partial charge in [0.15, 0.2) is 34.5 Å². The number of phenols is 6. The zero-order valence-electron chi connectivity index (χ0n) is 19.5. The molecule has 0 saturated carbocycles. The Kier molecular flexibility index (Phi) is 8.13. The molecule has 0 aromatic heterocycles. The summed E-state index contributed by atoms with van der Waals surface area (Å²) >= 11 is 0. The first kappa shape index (κ1) is 27.4. The Balaban J connectivity index is 1.73. The second kappa shape index (κ2) is 11.3. The van der Waals surface area contributed by atoms with Gasteiger partial charge in [-0.05, 0) is 54.6 Å². The summed E-state index contributed by atoms with van der Waals surface area (Å²) in [6, 6.07) is 9.54. The molecule has 3 aromatic rings. The van der Waals surface area contributed by atoms with Crippen molar-refractivity contribution >= 4 is 17.9 Å². The minimum Gasteiger partial charge on any atom is -0.504 e. The average Bonchev–Trinajstić information content (AvgIpc) is 2.89. The fraction of sp³-hybridized carbons (Fsp3) is 0.160. The van der Waals surface area contributed by atoms with Crippen LogP contribution < -0.4 is 5.73 Å². The van der Waals surface area contributed by atoms with E-state index in [4.69, 9.17) is 19.9 Å². The Morgan fingerprint density at radius 3 is 1.03 bits per heavy atom. The molecule has 0 atom stereocenters. The third-order valence-electron chi connectivity index (χ3n) is 5.11. The molecule has 0 fully saturated rings. The first-order chi connectivity index (χ1) is 17.9. The fourth-order valence-corrected chi connectivity index (χ4v) is 2.95. The molecule has 3 rings (SSSR count). The van der Waals surface area contributed by atoms with E-state index in [0.29, 0.717) is 0 Å². The number of carbonyl (C=O) groups excluding carboxylic acids is 3. The van der Waals surface area contributed by atoms with E-state index < -0.39 is 77.8 Å². The van der Waals surface area contributed by atoms with Crippen LogP contribution in [-0.2, 0) is 14.2 Å². The van der Waals surface area contributed by atoms with Crippen molar-refractivity contribution in [3.63, 3.8) is 0 Å². The number of ether oxygens (including phenoxy) is 3. The molecule has 0 amide bonds. The molecule has 3 aromatic carbocycles. The minimum atomic E-state index is -1.81. The number of hydrogen-bond acceptors (Lipinski definition) is 13. The Bertz CT molecular complexity index is 1210. The molecule has 0 heterocycles. The SMILES string of the molecule is NC(COC(=O)c1ccc(O)c(O)c1)(COC(=O)c1ccc(O)c(O)c1)COC(=O)c1ccc(O)c(O)c1. The predicted octanol–water partition coefficient (Wildman–Crippen LogP) is 1.49. The third-order valence-corrected chi connectivity index (χ3v) is 5.11. The summed E-state index contributed by atoms with van der Waals surface area (Å²) in [7, 11) is 0. The van der Waals surface area contributed by atoms with E-state index in [1.54, 1.807) is 0 Å².